The van der Waals surface area contributed by atoms with Crippen LogP contribution in [0.5, 0.6) is 5.75 Å². The molecule has 2 rings (SSSR count). The Kier molecular flexibility index (Phi) is 4.86. The van der Waals surface area contributed by atoms with Crippen molar-refractivity contribution in [2.45, 2.75) is 12.1 Å². The van der Waals surface area contributed by atoms with E-state index in [1.54, 1.807) is 25.1 Å². The van der Waals surface area contributed by atoms with Gasteiger partial charge in [0.1, 0.15) is 5.75 Å². The molecule has 1 heterocycles. The van der Waals surface area contributed by atoms with E-state index in [9.17, 15) is 4.79 Å². The van der Waals surface area contributed by atoms with E-state index < -0.39 is 0 Å². The summed E-state index contributed by atoms with van der Waals surface area (Å²) in [5, 5.41) is 11.1. The first kappa shape index (κ1) is 14.7. The van der Waals surface area contributed by atoms with Crippen LogP contribution in [-0.2, 0) is 4.79 Å². The largest absolute Gasteiger partial charge is 0.495 e. The van der Waals surface area contributed by atoms with Gasteiger partial charge in [0.2, 0.25) is 11.8 Å². The summed E-state index contributed by atoms with van der Waals surface area (Å²) in [7, 11) is 1.52. The summed E-state index contributed by atoms with van der Waals surface area (Å²) < 4.78 is 10.3. The predicted octanol–water partition coefficient (Wildman–Crippen LogP) is 2.77. The molecule has 0 unspecified atom stereocenters. The number of aryl methyl sites for hydroxylation is 1. The number of carbonyl (C=O) groups excluding carboxylic acids is 1. The number of hydrogen-bond donors (Lipinski definition) is 1. The van der Waals surface area contributed by atoms with Gasteiger partial charge in [-0.1, -0.05) is 23.4 Å². The lowest BCUT2D eigenvalue weighted by Gasteiger charge is -2.09. The number of anilines is 1. The fraction of sp³-hybridized carbons (Fsp3) is 0.250. The van der Waals surface area contributed by atoms with E-state index in [1.165, 1.54) is 7.11 Å². The van der Waals surface area contributed by atoms with E-state index >= 15 is 0 Å². The van der Waals surface area contributed by atoms with Crippen molar-refractivity contribution in [2.24, 2.45) is 0 Å². The van der Waals surface area contributed by atoms with Crippen molar-refractivity contribution in [1.82, 2.24) is 10.2 Å². The zero-order valence-electron chi connectivity index (χ0n) is 10.8. The molecule has 1 aromatic heterocycles. The van der Waals surface area contributed by atoms with Crippen molar-refractivity contribution < 1.29 is 13.9 Å². The molecule has 0 spiro atoms. The second kappa shape index (κ2) is 6.62. The number of hydrogen-bond acceptors (Lipinski definition) is 6. The number of ether oxygens (including phenoxy) is 1. The molecule has 0 radical (unpaired) electrons. The van der Waals surface area contributed by atoms with Crippen LogP contribution < -0.4 is 10.1 Å². The molecule has 106 valence electrons. The Balaban J connectivity index is 1.96. The summed E-state index contributed by atoms with van der Waals surface area (Å²) in [5.74, 6) is 0.939. The van der Waals surface area contributed by atoms with E-state index in [-0.39, 0.29) is 11.7 Å². The monoisotopic (exact) mass is 313 g/mol. The van der Waals surface area contributed by atoms with Gasteiger partial charge in [0.25, 0.3) is 5.22 Å². The second-order valence-corrected chi connectivity index (χ2v) is 5.13. The Hall–Kier alpha value is -1.73. The molecule has 0 aliphatic rings. The highest BCUT2D eigenvalue weighted by molar-refractivity contribution is 7.99. The third kappa shape index (κ3) is 3.88. The van der Waals surface area contributed by atoms with Crippen LogP contribution in [-0.4, -0.2) is 29.0 Å². The molecule has 0 atom stereocenters. The summed E-state index contributed by atoms with van der Waals surface area (Å²) >= 11 is 7.05. The van der Waals surface area contributed by atoms with Gasteiger partial charge in [0.05, 0.1) is 18.6 Å². The Bertz CT molecular complexity index is 618. The van der Waals surface area contributed by atoms with Crippen LogP contribution in [0.2, 0.25) is 5.02 Å². The molecule has 0 fully saturated rings. The Morgan fingerprint density at radius 3 is 2.95 bits per heavy atom. The van der Waals surface area contributed by atoms with Crippen molar-refractivity contribution in [3.63, 3.8) is 0 Å². The molecule has 6 nitrogen and oxygen atoms in total. The molecule has 0 saturated carbocycles. The second-order valence-electron chi connectivity index (χ2n) is 3.77. The minimum Gasteiger partial charge on any atom is -0.495 e. The maximum atomic E-state index is 11.9. The molecule has 0 aliphatic heterocycles. The van der Waals surface area contributed by atoms with Crippen LogP contribution in [0.4, 0.5) is 5.69 Å². The van der Waals surface area contributed by atoms with Crippen LogP contribution in [0.25, 0.3) is 0 Å². The van der Waals surface area contributed by atoms with E-state index in [0.717, 1.165) is 11.8 Å². The molecule has 8 heteroatoms. The number of rotatable bonds is 5. The summed E-state index contributed by atoms with van der Waals surface area (Å²) in [4.78, 5) is 11.9. The third-order valence-corrected chi connectivity index (χ3v) is 3.32. The first-order chi connectivity index (χ1) is 9.58. The molecule has 1 N–H and O–H groups in total. The first-order valence-corrected chi connectivity index (χ1v) is 7.01. The van der Waals surface area contributed by atoms with E-state index in [0.29, 0.717) is 27.6 Å². The smallest absolute Gasteiger partial charge is 0.277 e. The highest BCUT2D eigenvalue weighted by Crippen LogP contribution is 2.28. The Morgan fingerprint density at radius 2 is 2.30 bits per heavy atom. The lowest BCUT2D eigenvalue weighted by molar-refractivity contribution is -0.113. The number of aromatic nitrogens is 2. The van der Waals surface area contributed by atoms with Gasteiger partial charge in [-0.3, -0.25) is 4.79 Å². The van der Waals surface area contributed by atoms with Gasteiger partial charge in [-0.25, -0.2) is 0 Å². The minimum atomic E-state index is -0.216. The SMILES string of the molecule is COc1ccc(Cl)cc1NC(=O)CSc1nnc(C)o1. The van der Waals surface area contributed by atoms with Gasteiger partial charge in [-0.05, 0) is 18.2 Å². The average molecular weight is 314 g/mol. The van der Waals surface area contributed by atoms with Crippen LogP contribution in [0, 0.1) is 6.92 Å². The molecular formula is C12H12ClN3O3S. The summed E-state index contributed by atoms with van der Waals surface area (Å²) in [6.45, 7) is 1.69. The van der Waals surface area contributed by atoms with E-state index in [2.05, 4.69) is 15.5 Å². The van der Waals surface area contributed by atoms with Gasteiger partial charge >= 0.3 is 0 Å². The lowest BCUT2D eigenvalue weighted by atomic mass is 10.3. The number of amides is 1. The van der Waals surface area contributed by atoms with Gasteiger partial charge in [-0.15, -0.1) is 10.2 Å². The molecule has 1 aromatic carbocycles. The fourth-order valence-corrected chi connectivity index (χ4v) is 2.21. The van der Waals surface area contributed by atoms with Gasteiger partial charge < -0.3 is 14.5 Å². The third-order valence-electron chi connectivity index (χ3n) is 2.27. The van der Waals surface area contributed by atoms with Gasteiger partial charge in [0, 0.05) is 11.9 Å². The van der Waals surface area contributed by atoms with Gasteiger partial charge in [-0.2, -0.15) is 0 Å². The lowest BCUT2D eigenvalue weighted by Crippen LogP contribution is -2.14. The normalized spacial score (nSPS) is 10.3. The van der Waals surface area contributed by atoms with Crippen molar-refractivity contribution in [2.75, 3.05) is 18.2 Å². The number of benzene rings is 1. The van der Waals surface area contributed by atoms with Gasteiger partial charge in [0.15, 0.2) is 0 Å². The Labute approximate surface area is 124 Å². The molecule has 2 aromatic rings. The predicted molar refractivity (Wildman–Crippen MR) is 76.4 cm³/mol. The minimum absolute atomic E-state index is 0.150. The molecule has 1 amide bonds. The average Bonchev–Trinajstić information content (AvgIpc) is 2.83. The number of halogens is 1. The van der Waals surface area contributed by atoms with Crippen molar-refractivity contribution in [1.29, 1.82) is 0 Å². The van der Waals surface area contributed by atoms with Crippen molar-refractivity contribution in [3.05, 3.63) is 29.1 Å². The standard InChI is InChI=1S/C12H12ClN3O3S/c1-7-15-16-12(19-7)20-6-11(17)14-9-5-8(13)3-4-10(9)18-2/h3-5H,6H2,1-2H3,(H,14,17). The maximum Gasteiger partial charge on any atom is 0.277 e. The molecule has 0 aliphatic carbocycles. The zero-order chi connectivity index (χ0) is 14.5. The molecule has 0 bridgehead atoms. The van der Waals surface area contributed by atoms with Crippen molar-refractivity contribution >= 4 is 35.0 Å². The zero-order valence-corrected chi connectivity index (χ0v) is 12.4. The van der Waals surface area contributed by atoms with Crippen LogP contribution in [0.15, 0.2) is 27.8 Å². The summed E-state index contributed by atoms with van der Waals surface area (Å²) in [5.41, 5.74) is 0.521. The number of nitrogens with zero attached hydrogens (tertiary/aromatic N) is 2. The maximum absolute atomic E-state index is 11.9. The number of carbonyl (C=O) groups is 1. The summed E-state index contributed by atoms with van der Waals surface area (Å²) in [6, 6.07) is 5.00. The number of nitrogens with one attached hydrogen (secondary N) is 1. The highest BCUT2D eigenvalue weighted by atomic mass is 35.5. The quantitative estimate of drug-likeness (QED) is 0.855. The highest BCUT2D eigenvalue weighted by Gasteiger charge is 2.11. The number of methoxy groups -OCH3 is 1. The first-order valence-electron chi connectivity index (χ1n) is 5.65. The van der Waals surface area contributed by atoms with Crippen LogP contribution >= 0.6 is 23.4 Å². The fourth-order valence-electron chi connectivity index (χ4n) is 1.43. The van der Waals surface area contributed by atoms with E-state index in [4.69, 9.17) is 20.8 Å². The molecule has 20 heavy (non-hydrogen) atoms. The topological polar surface area (TPSA) is 77.2 Å². The molecular weight excluding hydrogens is 302 g/mol. The number of thioether (sulfide) groups is 1. The van der Waals surface area contributed by atoms with Crippen molar-refractivity contribution in [3.8, 4) is 5.75 Å². The summed E-state index contributed by atoms with van der Waals surface area (Å²) in [6.07, 6.45) is 0. The van der Waals surface area contributed by atoms with Crippen LogP contribution in [0.3, 0.4) is 0 Å². The van der Waals surface area contributed by atoms with Crippen LogP contribution in [0.1, 0.15) is 5.89 Å². The molecule has 0 saturated heterocycles. The Morgan fingerprint density at radius 1 is 1.50 bits per heavy atom. The van der Waals surface area contributed by atoms with E-state index in [1.807, 2.05) is 0 Å².